The number of aliphatic hydroxyl groups is 2. The van der Waals surface area contributed by atoms with Crippen LogP contribution in [0.3, 0.4) is 0 Å². The van der Waals surface area contributed by atoms with Gasteiger partial charge in [-0.05, 0) is 5.56 Å². The fraction of sp³-hybridized carbons (Fsp3) is 0.533. The zero-order chi connectivity index (χ0) is 14.5. The molecular formula is C15H22O4. The number of Topliss-reactive ketones (excluding diaryl/α,β-unsaturated/α-hetero) is 1. The molecule has 0 spiro atoms. The molecule has 0 bridgehead atoms. The first-order valence-corrected chi connectivity index (χ1v) is 6.35. The van der Waals surface area contributed by atoms with Gasteiger partial charge in [0.05, 0.1) is 19.8 Å². The van der Waals surface area contributed by atoms with Gasteiger partial charge >= 0.3 is 0 Å². The maximum atomic E-state index is 12.0. The molecule has 1 atom stereocenters. The van der Waals surface area contributed by atoms with Crippen LogP contribution in [0.15, 0.2) is 24.3 Å². The molecule has 0 aliphatic heterocycles. The van der Waals surface area contributed by atoms with E-state index in [0.717, 1.165) is 5.56 Å². The van der Waals surface area contributed by atoms with Crippen molar-refractivity contribution >= 4 is 5.78 Å². The van der Waals surface area contributed by atoms with Gasteiger partial charge in [-0.1, -0.05) is 45.0 Å². The average molecular weight is 266 g/mol. The molecule has 1 aromatic carbocycles. The van der Waals surface area contributed by atoms with Gasteiger partial charge in [-0.3, -0.25) is 4.79 Å². The molecule has 2 N–H and O–H groups in total. The number of ether oxygens (including phenoxy) is 1. The number of ketones is 1. The van der Waals surface area contributed by atoms with Crippen LogP contribution >= 0.6 is 0 Å². The highest BCUT2D eigenvalue weighted by atomic mass is 16.5. The van der Waals surface area contributed by atoms with E-state index < -0.39 is 6.10 Å². The highest BCUT2D eigenvalue weighted by Gasteiger charge is 2.22. The van der Waals surface area contributed by atoms with Crippen molar-refractivity contribution in [2.75, 3.05) is 13.2 Å². The van der Waals surface area contributed by atoms with Gasteiger partial charge in [-0.15, -0.1) is 0 Å². The van der Waals surface area contributed by atoms with Crippen LogP contribution in [-0.4, -0.2) is 35.3 Å². The predicted molar refractivity (Wildman–Crippen MR) is 73.0 cm³/mol. The quantitative estimate of drug-likeness (QED) is 0.770. The van der Waals surface area contributed by atoms with Crippen molar-refractivity contribution < 1.29 is 19.7 Å². The summed E-state index contributed by atoms with van der Waals surface area (Å²) < 4.78 is 5.25. The van der Waals surface area contributed by atoms with Gasteiger partial charge in [0.25, 0.3) is 0 Å². The summed E-state index contributed by atoms with van der Waals surface area (Å²) in [4.78, 5) is 12.0. The van der Waals surface area contributed by atoms with Crippen molar-refractivity contribution in [2.45, 2.75) is 33.5 Å². The monoisotopic (exact) mass is 266 g/mol. The van der Waals surface area contributed by atoms with E-state index in [9.17, 15) is 4.79 Å². The molecule has 0 amide bonds. The second kappa shape index (κ2) is 6.80. The fourth-order valence-electron chi connectivity index (χ4n) is 1.55. The largest absolute Gasteiger partial charge is 0.394 e. The molecule has 0 saturated carbocycles. The van der Waals surface area contributed by atoms with Gasteiger partial charge in [-0.2, -0.15) is 0 Å². The molecular weight excluding hydrogens is 244 g/mol. The molecule has 0 radical (unpaired) electrons. The summed E-state index contributed by atoms with van der Waals surface area (Å²) in [7, 11) is 0. The first-order valence-electron chi connectivity index (χ1n) is 6.35. The molecule has 106 valence electrons. The number of aliphatic hydroxyl groups excluding tert-OH is 2. The molecule has 0 saturated heterocycles. The van der Waals surface area contributed by atoms with Crippen LogP contribution in [-0.2, 0) is 11.3 Å². The maximum absolute atomic E-state index is 12.0. The lowest BCUT2D eigenvalue weighted by Gasteiger charge is -2.16. The van der Waals surface area contributed by atoms with E-state index in [1.165, 1.54) is 0 Å². The Labute approximate surface area is 114 Å². The Kier molecular flexibility index (Phi) is 5.66. The Morgan fingerprint density at radius 2 is 1.84 bits per heavy atom. The van der Waals surface area contributed by atoms with Crippen molar-refractivity contribution in [1.29, 1.82) is 0 Å². The number of carbonyl (C=O) groups is 1. The summed E-state index contributed by atoms with van der Waals surface area (Å²) in [5, 5.41) is 17.8. The number of hydrogen-bond donors (Lipinski definition) is 2. The van der Waals surface area contributed by atoms with E-state index in [-0.39, 0.29) is 24.4 Å². The SMILES string of the molecule is CC(C)(C)C(=O)c1ccc(COCC(O)CO)cc1. The number of carbonyl (C=O) groups excluding carboxylic acids is 1. The summed E-state index contributed by atoms with van der Waals surface area (Å²) in [6.07, 6.45) is -0.846. The number of benzene rings is 1. The van der Waals surface area contributed by atoms with Crippen LogP contribution in [0, 0.1) is 5.41 Å². The van der Waals surface area contributed by atoms with E-state index in [0.29, 0.717) is 12.2 Å². The Morgan fingerprint density at radius 3 is 2.32 bits per heavy atom. The molecule has 4 nitrogen and oxygen atoms in total. The van der Waals surface area contributed by atoms with E-state index >= 15 is 0 Å². The summed E-state index contributed by atoms with van der Waals surface area (Å²) in [6.45, 7) is 5.81. The highest BCUT2D eigenvalue weighted by Crippen LogP contribution is 2.21. The van der Waals surface area contributed by atoms with Gasteiger partial charge in [0.1, 0.15) is 6.10 Å². The molecule has 0 fully saturated rings. The van der Waals surface area contributed by atoms with Crippen LogP contribution < -0.4 is 0 Å². The molecule has 4 heteroatoms. The zero-order valence-corrected chi connectivity index (χ0v) is 11.7. The molecule has 1 unspecified atom stereocenters. The number of rotatable bonds is 6. The lowest BCUT2D eigenvalue weighted by Crippen LogP contribution is -2.20. The summed E-state index contributed by atoms with van der Waals surface area (Å²) in [6, 6.07) is 7.25. The predicted octanol–water partition coefficient (Wildman–Crippen LogP) is 1.79. The van der Waals surface area contributed by atoms with Crippen LogP contribution in [0.2, 0.25) is 0 Å². The maximum Gasteiger partial charge on any atom is 0.168 e. The zero-order valence-electron chi connectivity index (χ0n) is 11.7. The van der Waals surface area contributed by atoms with Crippen molar-refractivity contribution in [3.63, 3.8) is 0 Å². The average Bonchev–Trinajstić information content (AvgIpc) is 2.37. The first kappa shape index (κ1) is 15.8. The Balaban J connectivity index is 2.55. The topological polar surface area (TPSA) is 66.8 Å². The minimum atomic E-state index is -0.846. The Hall–Kier alpha value is -1.23. The number of hydrogen-bond acceptors (Lipinski definition) is 4. The lowest BCUT2D eigenvalue weighted by molar-refractivity contribution is 0.0000222. The van der Waals surface area contributed by atoms with E-state index in [1.807, 2.05) is 32.9 Å². The second-order valence-corrected chi connectivity index (χ2v) is 5.63. The van der Waals surface area contributed by atoms with Gasteiger partial charge in [0, 0.05) is 11.0 Å². The van der Waals surface area contributed by atoms with Crippen LogP contribution in [0.4, 0.5) is 0 Å². The fourth-order valence-corrected chi connectivity index (χ4v) is 1.55. The Morgan fingerprint density at radius 1 is 1.26 bits per heavy atom. The minimum absolute atomic E-state index is 0.0964. The van der Waals surface area contributed by atoms with Crippen LogP contribution in [0.1, 0.15) is 36.7 Å². The van der Waals surface area contributed by atoms with Crippen molar-refractivity contribution in [1.82, 2.24) is 0 Å². The van der Waals surface area contributed by atoms with Crippen LogP contribution in [0.25, 0.3) is 0 Å². The lowest BCUT2D eigenvalue weighted by atomic mass is 9.86. The van der Waals surface area contributed by atoms with Gasteiger partial charge in [0.15, 0.2) is 5.78 Å². The van der Waals surface area contributed by atoms with E-state index in [2.05, 4.69) is 0 Å². The standard InChI is InChI=1S/C15H22O4/c1-15(2,3)14(18)12-6-4-11(5-7-12)9-19-10-13(17)8-16/h4-7,13,16-17H,8-10H2,1-3H3. The van der Waals surface area contributed by atoms with Gasteiger partial charge < -0.3 is 14.9 Å². The third-order valence-corrected chi connectivity index (χ3v) is 2.69. The molecule has 0 aliphatic carbocycles. The van der Waals surface area contributed by atoms with Crippen molar-refractivity contribution in [3.05, 3.63) is 35.4 Å². The molecule has 0 heterocycles. The van der Waals surface area contributed by atoms with E-state index in [4.69, 9.17) is 14.9 Å². The third kappa shape index (κ3) is 5.11. The third-order valence-electron chi connectivity index (χ3n) is 2.69. The summed E-state index contributed by atoms with van der Waals surface area (Å²) in [5.74, 6) is 0.107. The normalized spacial score (nSPS) is 13.3. The van der Waals surface area contributed by atoms with Crippen molar-refractivity contribution in [3.8, 4) is 0 Å². The summed E-state index contributed by atoms with van der Waals surface area (Å²) >= 11 is 0. The minimum Gasteiger partial charge on any atom is -0.394 e. The smallest absolute Gasteiger partial charge is 0.168 e. The van der Waals surface area contributed by atoms with E-state index in [1.54, 1.807) is 12.1 Å². The molecule has 1 rings (SSSR count). The van der Waals surface area contributed by atoms with Crippen molar-refractivity contribution in [2.24, 2.45) is 5.41 Å². The van der Waals surface area contributed by atoms with Gasteiger partial charge in [-0.25, -0.2) is 0 Å². The molecule has 19 heavy (non-hydrogen) atoms. The van der Waals surface area contributed by atoms with Gasteiger partial charge in [0.2, 0.25) is 0 Å². The Bertz CT molecular complexity index is 403. The molecule has 0 aromatic heterocycles. The van der Waals surface area contributed by atoms with Crippen LogP contribution in [0.5, 0.6) is 0 Å². The molecule has 1 aromatic rings. The first-order chi connectivity index (χ1) is 8.84. The summed E-state index contributed by atoms with van der Waals surface area (Å²) in [5.41, 5.74) is 1.23. The highest BCUT2D eigenvalue weighted by molar-refractivity contribution is 5.99. The second-order valence-electron chi connectivity index (χ2n) is 5.63. The molecule has 0 aliphatic rings.